The van der Waals surface area contributed by atoms with Crippen molar-refractivity contribution in [1.82, 2.24) is 10.6 Å². The first-order valence-electron chi connectivity index (χ1n) is 6.83. The quantitative estimate of drug-likeness (QED) is 0.272. The number of aliphatic hydroxyl groups excluding tert-OH is 3. The number of nitrogens with one attached hydrogen (secondary N) is 2. The predicted molar refractivity (Wildman–Crippen MR) is 71.2 cm³/mol. The second kappa shape index (κ2) is 6.53. The summed E-state index contributed by atoms with van der Waals surface area (Å²) >= 11 is 0. The highest BCUT2D eigenvalue weighted by atomic mass is 16.6. The molecular formula is C13H18N2O7. The fraction of sp³-hybridized carbons (Fsp3) is 0.615. The van der Waals surface area contributed by atoms with Gasteiger partial charge in [-0.15, -0.1) is 0 Å². The molecule has 2 heterocycles. The zero-order valence-electron chi connectivity index (χ0n) is 11.9. The lowest BCUT2D eigenvalue weighted by Crippen LogP contribution is -2.66. The summed E-state index contributed by atoms with van der Waals surface area (Å²) in [4.78, 5) is 33.8. The Morgan fingerprint density at radius 3 is 2.55 bits per heavy atom. The fourth-order valence-electron chi connectivity index (χ4n) is 2.42. The van der Waals surface area contributed by atoms with Crippen LogP contribution in [0.2, 0.25) is 0 Å². The van der Waals surface area contributed by atoms with Crippen molar-refractivity contribution in [2.75, 3.05) is 6.54 Å². The van der Waals surface area contributed by atoms with Crippen LogP contribution in [-0.2, 0) is 19.1 Å². The minimum atomic E-state index is -1.32. The lowest BCUT2D eigenvalue weighted by atomic mass is 9.91. The molecule has 0 aliphatic carbocycles. The van der Waals surface area contributed by atoms with Crippen LogP contribution in [0.15, 0.2) is 11.6 Å². The van der Waals surface area contributed by atoms with Crippen molar-refractivity contribution >= 4 is 17.8 Å². The highest BCUT2D eigenvalue weighted by Gasteiger charge is 2.40. The number of carbonyl (C=O) groups excluding carboxylic acids is 3. The minimum Gasteiger partial charge on any atom is -0.389 e. The van der Waals surface area contributed by atoms with Crippen molar-refractivity contribution in [1.29, 1.82) is 0 Å². The normalized spacial score (nSPS) is 35.1. The second-order valence-corrected chi connectivity index (χ2v) is 5.39. The van der Waals surface area contributed by atoms with Crippen LogP contribution < -0.4 is 10.6 Å². The van der Waals surface area contributed by atoms with Crippen LogP contribution in [0.25, 0.3) is 0 Å². The molecule has 5 atom stereocenters. The van der Waals surface area contributed by atoms with E-state index in [4.69, 9.17) is 0 Å². The van der Waals surface area contributed by atoms with Gasteiger partial charge in [-0.2, -0.15) is 0 Å². The maximum atomic E-state index is 11.7. The number of carbonyl (C=O) groups is 3. The molecule has 0 aromatic heterocycles. The van der Waals surface area contributed by atoms with E-state index in [2.05, 4.69) is 15.4 Å². The van der Waals surface area contributed by atoms with Crippen molar-refractivity contribution in [3.8, 4) is 0 Å². The lowest BCUT2D eigenvalue weighted by molar-refractivity contribution is -0.151. The third kappa shape index (κ3) is 3.50. The molecule has 1 saturated heterocycles. The summed E-state index contributed by atoms with van der Waals surface area (Å²) in [5, 5.41) is 34.5. The summed E-state index contributed by atoms with van der Waals surface area (Å²) < 4.78 is 4.26. The summed E-state index contributed by atoms with van der Waals surface area (Å²) in [6.45, 7) is 1.63. The van der Waals surface area contributed by atoms with Gasteiger partial charge in [-0.3, -0.25) is 4.79 Å². The number of cyclic esters (lactones) is 2. The number of piperidine rings is 1. The van der Waals surface area contributed by atoms with Crippen LogP contribution in [0.4, 0.5) is 0 Å². The van der Waals surface area contributed by atoms with Gasteiger partial charge in [-0.05, 0) is 6.92 Å². The molecule has 0 spiro atoms. The molecule has 2 rings (SSSR count). The number of amides is 1. The Balaban J connectivity index is 1.85. The first-order valence-corrected chi connectivity index (χ1v) is 6.83. The van der Waals surface area contributed by atoms with Gasteiger partial charge < -0.3 is 30.7 Å². The standard InChI is InChI=1S/C13H18N2O7/c1-5-10(18)12(20)11(19)7(15-5)4-14-8(16)2-6-3-9(17)22-13(6)21/h3,5,7,10-12,15,18-20H,2,4H2,1H3,(H,14,16)/t5-,7+,10+,11+,12+/m0/s1. The van der Waals surface area contributed by atoms with Gasteiger partial charge in [-0.1, -0.05) is 0 Å². The number of ether oxygens (including phenoxy) is 1. The zero-order valence-corrected chi connectivity index (χ0v) is 11.9. The molecule has 122 valence electrons. The van der Waals surface area contributed by atoms with Crippen LogP contribution in [0.5, 0.6) is 0 Å². The van der Waals surface area contributed by atoms with Crippen LogP contribution in [0.1, 0.15) is 13.3 Å². The topological polar surface area (TPSA) is 145 Å². The first kappa shape index (κ1) is 16.6. The Kier molecular flexibility index (Phi) is 4.91. The molecule has 0 saturated carbocycles. The van der Waals surface area contributed by atoms with Gasteiger partial charge in [0.1, 0.15) is 6.10 Å². The van der Waals surface area contributed by atoms with E-state index in [0.717, 1.165) is 6.08 Å². The monoisotopic (exact) mass is 314 g/mol. The van der Waals surface area contributed by atoms with Gasteiger partial charge in [-0.25, -0.2) is 9.59 Å². The molecule has 9 heteroatoms. The molecule has 0 bridgehead atoms. The molecule has 0 unspecified atom stereocenters. The van der Waals surface area contributed by atoms with Crippen molar-refractivity contribution in [3.63, 3.8) is 0 Å². The summed E-state index contributed by atoms with van der Waals surface area (Å²) in [6.07, 6.45) is -3.02. The largest absolute Gasteiger partial charge is 0.389 e. The molecule has 22 heavy (non-hydrogen) atoms. The average molecular weight is 314 g/mol. The third-order valence-corrected chi connectivity index (χ3v) is 3.72. The summed E-state index contributed by atoms with van der Waals surface area (Å²) in [5.74, 6) is -2.17. The van der Waals surface area contributed by atoms with Crippen molar-refractivity contribution in [2.45, 2.75) is 43.7 Å². The fourth-order valence-corrected chi connectivity index (χ4v) is 2.42. The highest BCUT2D eigenvalue weighted by molar-refractivity contribution is 6.10. The Bertz CT molecular complexity index is 519. The van der Waals surface area contributed by atoms with E-state index >= 15 is 0 Å². The second-order valence-electron chi connectivity index (χ2n) is 5.39. The molecule has 5 N–H and O–H groups in total. The van der Waals surface area contributed by atoms with Gasteiger partial charge in [0.25, 0.3) is 0 Å². The van der Waals surface area contributed by atoms with Gasteiger partial charge in [0, 0.05) is 18.7 Å². The van der Waals surface area contributed by atoms with Crippen molar-refractivity contribution in [2.24, 2.45) is 0 Å². The van der Waals surface area contributed by atoms with E-state index in [9.17, 15) is 29.7 Å². The average Bonchev–Trinajstić information content (AvgIpc) is 2.77. The Morgan fingerprint density at radius 1 is 1.27 bits per heavy atom. The molecule has 2 aliphatic rings. The Labute approximate surface area is 125 Å². The molecule has 1 fully saturated rings. The predicted octanol–water partition coefficient (Wildman–Crippen LogP) is -3.05. The summed E-state index contributed by atoms with van der Waals surface area (Å²) in [7, 11) is 0. The molecule has 2 aliphatic heterocycles. The lowest BCUT2D eigenvalue weighted by Gasteiger charge is -2.40. The maximum Gasteiger partial charge on any atom is 0.342 e. The molecule has 0 aromatic carbocycles. The van der Waals surface area contributed by atoms with E-state index in [1.54, 1.807) is 6.92 Å². The van der Waals surface area contributed by atoms with Gasteiger partial charge >= 0.3 is 11.9 Å². The van der Waals surface area contributed by atoms with E-state index in [1.807, 2.05) is 0 Å². The van der Waals surface area contributed by atoms with E-state index < -0.39 is 48.2 Å². The summed E-state index contributed by atoms with van der Waals surface area (Å²) in [6, 6.07) is -1.10. The van der Waals surface area contributed by atoms with Gasteiger partial charge in [0.05, 0.1) is 30.2 Å². The van der Waals surface area contributed by atoms with Crippen molar-refractivity contribution < 1.29 is 34.4 Å². The van der Waals surface area contributed by atoms with E-state index in [1.165, 1.54) is 0 Å². The number of rotatable bonds is 4. The number of esters is 2. The van der Waals surface area contributed by atoms with Crippen molar-refractivity contribution in [3.05, 3.63) is 11.6 Å². The van der Waals surface area contributed by atoms with Gasteiger partial charge in [0.15, 0.2) is 0 Å². The molecule has 0 aromatic rings. The SMILES string of the molecule is C[C@@H]1N[C@H](CNC(=O)CC2=CC(=O)OC2=O)[C@@H](O)[C@H](O)[C@@H]1O. The minimum absolute atomic E-state index is 0.00953. The number of hydrogen-bond donors (Lipinski definition) is 5. The maximum absolute atomic E-state index is 11.7. The summed E-state index contributed by atoms with van der Waals surface area (Å²) in [5.41, 5.74) is -0.0384. The Hall–Kier alpha value is -1.81. The zero-order chi connectivity index (χ0) is 16.4. The molecule has 1 amide bonds. The molecule has 9 nitrogen and oxygen atoms in total. The van der Waals surface area contributed by atoms with E-state index in [0.29, 0.717) is 0 Å². The highest BCUT2D eigenvalue weighted by Crippen LogP contribution is 2.15. The van der Waals surface area contributed by atoms with Gasteiger partial charge in [0.2, 0.25) is 5.91 Å². The van der Waals surface area contributed by atoms with Crippen LogP contribution >= 0.6 is 0 Å². The molecule has 0 radical (unpaired) electrons. The smallest absolute Gasteiger partial charge is 0.342 e. The van der Waals surface area contributed by atoms with Crippen LogP contribution in [-0.4, -0.2) is 70.1 Å². The number of hydrogen-bond acceptors (Lipinski definition) is 8. The first-order chi connectivity index (χ1) is 10.3. The Morgan fingerprint density at radius 2 is 1.95 bits per heavy atom. The van der Waals surface area contributed by atoms with Crippen LogP contribution in [0, 0.1) is 0 Å². The van der Waals surface area contributed by atoms with Crippen LogP contribution in [0.3, 0.4) is 0 Å². The van der Waals surface area contributed by atoms with E-state index in [-0.39, 0.29) is 18.5 Å². The third-order valence-electron chi connectivity index (χ3n) is 3.72. The molecular weight excluding hydrogens is 296 g/mol. The number of aliphatic hydroxyl groups is 3.